The molecule has 0 aromatic heterocycles. The Balaban J connectivity index is 1.72. The first-order chi connectivity index (χ1) is 13.9. The molecule has 3 rings (SSSR count). The molecule has 2 aromatic carbocycles. The lowest BCUT2D eigenvalue weighted by Gasteiger charge is -2.12. The molecule has 0 radical (unpaired) electrons. The number of amides is 3. The first-order valence-corrected chi connectivity index (χ1v) is 9.63. The number of benzene rings is 2. The van der Waals surface area contributed by atoms with Gasteiger partial charge in [-0.3, -0.25) is 19.3 Å². The van der Waals surface area contributed by atoms with Crippen LogP contribution < -0.4 is 14.8 Å². The average molecular weight is 433 g/mol. The maximum absolute atomic E-state index is 12.6. The molecule has 0 aliphatic carbocycles. The Labute approximate surface area is 176 Å². The van der Waals surface area contributed by atoms with Gasteiger partial charge in [0.1, 0.15) is 6.54 Å². The van der Waals surface area contributed by atoms with E-state index in [4.69, 9.17) is 21.1 Å². The molecule has 0 unspecified atom stereocenters. The summed E-state index contributed by atoms with van der Waals surface area (Å²) in [4.78, 5) is 38.2. The topological polar surface area (TPSA) is 84.9 Å². The van der Waals surface area contributed by atoms with E-state index >= 15 is 0 Å². The molecular formula is C20H17ClN2O5S. The summed E-state index contributed by atoms with van der Waals surface area (Å²) >= 11 is 6.66. The summed E-state index contributed by atoms with van der Waals surface area (Å²) in [7, 11) is 3.03. The van der Waals surface area contributed by atoms with E-state index in [1.807, 2.05) is 0 Å². The number of anilines is 1. The zero-order chi connectivity index (χ0) is 21.0. The predicted octanol–water partition coefficient (Wildman–Crippen LogP) is 4.03. The van der Waals surface area contributed by atoms with Gasteiger partial charge in [-0.15, -0.1) is 0 Å². The first kappa shape index (κ1) is 20.8. The minimum absolute atomic E-state index is 0.220. The summed E-state index contributed by atoms with van der Waals surface area (Å²) in [5.74, 6) is 0.0229. The van der Waals surface area contributed by atoms with Crippen molar-refractivity contribution in [3.05, 3.63) is 58.0 Å². The fourth-order valence-corrected chi connectivity index (χ4v) is 3.67. The number of methoxy groups -OCH3 is 2. The number of rotatable bonds is 6. The Kier molecular flexibility index (Phi) is 6.46. The van der Waals surface area contributed by atoms with Gasteiger partial charge >= 0.3 is 0 Å². The van der Waals surface area contributed by atoms with Crippen LogP contribution in [0.1, 0.15) is 5.56 Å². The molecule has 1 fully saturated rings. The van der Waals surface area contributed by atoms with Crippen LogP contribution in [-0.4, -0.2) is 42.7 Å². The number of halogens is 1. The molecule has 1 aliphatic rings. The van der Waals surface area contributed by atoms with Crippen molar-refractivity contribution < 1.29 is 23.9 Å². The molecule has 150 valence electrons. The lowest BCUT2D eigenvalue weighted by atomic mass is 10.2. The van der Waals surface area contributed by atoms with Gasteiger partial charge in [-0.1, -0.05) is 23.7 Å². The lowest BCUT2D eigenvalue weighted by molar-refractivity contribution is -0.127. The fraction of sp³-hybridized carbons (Fsp3) is 0.150. The molecule has 9 heteroatoms. The molecule has 0 atom stereocenters. The van der Waals surface area contributed by atoms with E-state index in [1.54, 1.807) is 48.5 Å². The maximum Gasteiger partial charge on any atom is 0.294 e. The van der Waals surface area contributed by atoms with E-state index in [0.717, 1.165) is 16.7 Å². The first-order valence-electron chi connectivity index (χ1n) is 8.44. The molecule has 3 amide bonds. The molecule has 29 heavy (non-hydrogen) atoms. The summed E-state index contributed by atoms with van der Waals surface area (Å²) in [6.45, 7) is -0.388. The number of nitrogens with one attached hydrogen (secondary N) is 1. The number of hydrogen-bond acceptors (Lipinski definition) is 6. The van der Waals surface area contributed by atoms with Crippen LogP contribution in [0.5, 0.6) is 11.5 Å². The third-order valence-electron chi connectivity index (χ3n) is 3.99. The predicted molar refractivity (Wildman–Crippen MR) is 112 cm³/mol. The summed E-state index contributed by atoms with van der Waals surface area (Å²) in [6, 6.07) is 11.7. The number of nitrogens with zero attached hydrogens (tertiary/aromatic N) is 1. The standard InChI is InChI=1S/C20H17ClN2O5S/c1-27-15-7-6-12(8-16(15)28-2)9-17-19(25)23(20(26)29-17)11-18(24)22-14-5-3-4-13(21)10-14/h3-10H,11H2,1-2H3,(H,22,24)/b17-9+. The highest BCUT2D eigenvalue weighted by atomic mass is 35.5. The number of imide groups is 1. The molecule has 0 spiro atoms. The number of thioether (sulfide) groups is 1. The van der Waals surface area contributed by atoms with Gasteiger partial charge in [0.2, 0.25) is 5.91 Å². The average Bonchev–Trinajstić information content (AvgIpc) is 2.95. The highest BCUT2D eigenvalue weighted by Gasteiger charge is 2.36. The van der Waals surface area contributed by atoms with Crippen molar-refractivity contribution >= 4 is 52.2 Å². The maximum atomic E-state index is 12.6. The van der Waals surface area contributed by atoms with Crippen LogP contribution in [-0.2, 0) is 9.59 Å². The van der Waals surface area contributed by atoms with E-state index in [0.29, 0.717) is 27.8 Å². The van der Waals surface area contributed by atoms with E-state index in [1.165, 1.54) is 14.2 Å². The minimum atomic E-state index is -0.531. The number of hydrogen-bond donors (Lipinski definition) is 1. The highest BCUT2D eigenvalue weighted by Crippen LogP contribution is 2.34. The van der Waals surface area contributed by atoms with Gasteiger partial charge in [0.25, 0.3) is 11.1 Å². The van der Waals surface area contributed by atoms with E-state index in [9.17, 15) is 14.4 Å². The number of carbonyl (C=O) groups excluding carboxylic acids is 3. The van der Waals surface area contributed by atoms with Gasteiger partial charge in [0.05, 0.1) is 19.1 Å². The second kappa shape index (κ2) is 9.02. The number of ether oxygens (including phenoxy) is 2. The van der Waals surface area contributed by atoms with Crippen LogP contribution in [0.25, 0.3) is 6.08 Å². The molecule has 1 aliphatic heterocycles. The van der Waals surface area contributed by atoms with Crippen molar-refractivity contribution in [2.24, 2.45) is 0 Å². The lowest BCUT2D eigenvalue weighted by Crippen LogP contribution is -2.36. The van der Waals surface area contributed by atoms with Crippen molar-refractivity contribution in [2.75, 3.05) is 26.1 Å². The van der Waals surface area contributed by atoms with E-state index in [2.05, 4.69) is 5.32 Å². The third-order valence-corrected chi connectivity index (χ3v) is 5.13. The van der Waals surface area contributed by atoms with Gasteiger partial charge in [-0.2, -0.15) is 0 Å². The largest absolute Gasteiger partial charge is 0.493 e. The highest BCUT2D eigenvalue weighted by molar-refractivity contribution is 8.18. The van der Waals surface area contributed by atoms with Crippen molar-refractivity contribution in [2.45, 2.75) is 0 Å². The summed E-state index contributed by atoms with van der Waals surface area (Å²) in [6.07, 6.45) is 1.57. The van der Waals surface area contributed by atoms with Crippen LogP contribution in [0.3, 0.4) is 0 Å². The second-order valence-electron chi connectivity index (χ2n) is 5.94. The third kappa shape index (κ3) is 4.90. The molecule has 1 heterocycles. The fourth-order valence-electron chi connectivity index (χ4n) is 2.64. The van der Waals surface area contributed by atoms with E-state index in [-0.39, 0.29) is 11.4 Å². The molecule has 1 N–H and O–H groups in total. The van der Waals surface area contributed by atoms with Crippen molar-refractivity contribution in [3.63, 3.8) is 0 Å². The summed E-state index contributed by atoms with van der Waals surface area (Å²) < 4.78 is 10.4. The molecule has 1 saturated heterocycles. The molecule has 7 nitrogen and oxygen atoms in total. The quantitative estimate of drug-likeness (QED) is 0.693. The van der Waals surface area contributed by atoms with Crippen molar-refractivity contribution in [3.8, 4) is 11.5 Å². The van der Waals surface area contributed by atoms with Crippen LogP contribution in [0.2, 0.25) is 5.02 Å². The molecular weight excluding hydrogens is 416 g/mol. The van der Waals surface area contributed by atoms with Crippen LogP contribution in [0.4, 0.5) is 10.5 Å². The second-order valence-corrected chi connectivity index (χ2v) is 7.37. The van der Waals surface area contributed by atoms with Gasteiger partial charge < -0.3 is 14.8 Å². The Bertz CT molecular complexity index is 1010. The summed E-state index contributed by atoms with van der Waals surface area (Å²) in [5, 5.41) is 2.57. The minimum Gasteiger partial charge on any atom is -0.493 e. The van der Waals surface area contributed by atoms with Gasteiger partial charge in [0.15, 0.2) is 11.5 Å². The SMILES string of the molecule is COc1ccc(/C=C2/SC(=O)N(CC(=O)Nc3cccc(Cl)c3)C2=O)cc1OC. The number of carbonyl (C=O) groups is 3. The monoisotopic (exact) mass is 432 g/mol. The summed E-state index contributed by atoms with van der Waals surface area (Å²) in [5.41, 5.74) is 1.15. The zero-order valence-electron chi connectivity index (χ0n) is 15.6. The Morgan fingerprint density at radius 1 is 1.14 bits per heavy atom. The Hall–Kier alpha value is -2.97. The van der Waals surface area contributed by atoms with Gasteiger partial charge in [-0.25, -0.2) is 0 Å². The van der Waals surface area contributed by atoms with Crippen molar-refractivity contribution in [1.82, 2.24) is 4.90 Å². The van der Waals surface area contributed by atoms with Crippen molar-refractivity contribution in [1.29, 1.82) is 0 Å². The molecule has 2 aromatic rings. The van der Waals surface area contributed by atoms with Crippen LogP contribution >= 0.6 is 23.4 Å². The van der Waals surface area contributed by atoms with Crippen LogP contribution in [0.15, 0.2) is 47.4 Å². The molecule has 0 saturated carbocycles. The Morgan fingerprint density at radius 2 is 1.90 bits per heavy atom. The molecule has 0 bridgehead atoms. The normalized spacial score (nSPS) is 15.0. The van der Waals surface area contributed by atoms with Crippen LogP contribution in [0, 0.1) is 0 Å². The zero-order valence-corrected chi connectivity index (χ0v) is 17.2. The Morgan fingerprint density at radius 3 is 2.59 bits per heavy atom. The van der Waals surface area contributed by atoms with Gasteiger partial charge in [-0.05, 0) is 53.7 Å². The van der Waals surface area contributed by atoms with Gasteiger partial charge in [0, 0.05) is 10.7 Å². The smallest absolute Gasteiger partial charge is 0.294 e. The van der Waals surface area contributed by atoms with E-state index < -0.39 is 17.1 Å².